The van der Waals surface area contributed by atoms with Gasteiger partial charge < -0.3 is 9.63 Å². The first-order valence-electron chi connectivity index (χ1n) is 9.66. The SMILES string of the molecule is CC(C)Cc1c(CC(F)(F)F)c2cc(F)ccc2[n+]([O-])c1O[Si](C)(C)C(C)(C)C. The Labute approximate surface area is 170 Å². The van der Waals surface area contributed by atoms with E-state index >= 15 is 0 Å². The van der Waals surface area contributed by atoms with Gasteiger partial charge in [0.25, 0.3) is 8.32 Å². The van der Waals surface area contributed by atoms with Crippen LogP contribution in [0.4, 0.5) is 17.6 Å². The quantitative estimate of drug-likeness (QED) is 0.241. The van der Waals surface area contributed by atoms with Crippen molar-refractivity contribution < 1.29 is 26.7 Å². The number of nitrogens with zero attached hydrogens (tertiary/aromatic N) is 1. The number of hydrogen-bond acceptors (Lipinski definition) is 2. The fourth-order valence-corrected chi connectivity index (χ4v) is 3.97. The van der Waals surface area contributed by atoms with Gasteiger partial charge in [0.15, 0.2) is 0 Å². The zero-order valence-corrected chi connectivity index (χ0v) is 19.0. The maximum absolute atomic E-state index is 13.9. The molecule has 0 N–H and O–H groups in total. The van der Waals surface area contributed by atoms with E-state index in [4.69, 9.17) is 4.43 Å². The second-order valence-electron chi connectivity index (χ2n) is 9.47. The van der Waals surface area contributed by atoms with Crippen LogP contribution in [0.2, 0.25) is 18.1 Å². The Kier molecular flexibility index (Phi) is 6.29. The summed E-state index contributed by atoms with van der Waals surface area (Å²) in [4.78, 5) is 0. The van der Waals surface area contributed by atoms with Crippen molar-refractivity contribution in [3.8, 4) is 5.88 Å². The number of rotatable bonds is 5. The molecule has 1 aromatic carbocycles. The lowest BCUT2D eigenvalue weighted by molar-refractivity contribution is -0.583. The van der Waals surface area contributed by atoms with Crippen molar-refractivity contribution in [2.45, 2.75) is 71.8 Å². The van der Waals surface area contributed by atoms with Crippen molar-refractivity contribution in [2.75, 3.05) is 0 Å². The third kappa shape index (κ3) is 5.21. The number of alkyl halides is 3. The van der Waals surface area contributed by atoms with E-state index in [0.717, 1.165) is 12.1 Å². The van der Waals surface area contributed by atoms with E-state index in [9.17, 15) is 22.8 Å². The van der Waals surface area contributed by atoms with Crippen LogP contribution >= 0.6 is 0 Å². The summed E-state index contributed by atoms with van der Waals surface area (Å²) in [5, 5.41) is 12.9. The van der Waals surface area contributed by atoms with Gasteiger partial charge in [-0.2, -0.15) is 13.2 Å². The van der Waals surface area contributed by atoms with Gasteiger partial charge in [0, 0.05) is 6.07 Å². The lowest BCUT2D eigenvalue weighted by Crippen LogP contribution is -2.48. The number of hydrogen-bond donors (Lipinski definition) is 0. The van der Waals surface area contributed by atoms with Crippen molar-refractivity contribution in [2.24, 2.45) is 5.92 Å². The van der Waals surface area contributed by atoms with Gasteiger partial charge >= 0.3 is 12.1 Å². The molecule has 0 fully saturated rings. The highest BCUT2D eigenvalue weighted by Crippen LogP contribution is 2.40. The predicted molar refractivity (Wildman–Crippen MR) is 109 cm³/mol. The molecule has 2 aromatic rings. The van der Waals surface area contributed by atoms with E-state index in [0.29, 0.717) is 4.73 Å². The first kappa shape index (κ1) is 23.4. The Balaban J connectivity index is 2.90. The van der Waals surface area contributed by atoms with Crippen molar-refractivity contribution in [1.82, 2.24) is 0 Å². The Hall–Kier alpha value is -1.83. The standard InChI is InChI=1S/C21H29F4NO2Si/c1-13(2)10-16-17(12-21(23,24)25)15-11-14(22)8-9-18(15)26(27)19(16)28-29(6,7)20(3,4)5/h8-9,11,13H,10,12H2,1-7H3. The van der Waals surface area contributed by atoms with Crippen LogP contribution in [-0.2, 0) is 12.8 Å². The molecular weight excluding hydrogens is 402 g/mol. The molecule has 0 bridgehead atoms. The highest BCUT2D eigenvalue weighted by molar-refractivity contribution is 6.74. The smallest absolute Gasteiger partial charge is 0.393 e. The minimum absolute atomic E-state index is 0.0180. The second kappa shape index (κ2) is 7.78. The van der Waals surface area contributed by atoms with Crippen LogP contribution in [0.3, 0.4) is 0 Å². The lowest BCUT2D eigenvalue weighted by atomic mass is 9.93. The van der Waals surface area contributed by atoms with Crippen molar-refractivity contribution in [3.05, 3.63) is 40.4 Å². The molecule has 0 spiro atoms. The summed E-state index contributed by atoms with van der Waals surface area (Å²) >= 11 is 0. The largest absolute Gasteiger partial charge is 0.616 e. The van der Waals surface area contributed by atoms with Gasteiger partial charge in [-0.3, -0.25) is 0 Å². The molecule has 8 heteroatoms. The van der Waals surface area contributed by atoms with Crippen molar-refractivity contribution in [3.63, 3.8) is 0 Å². The van der Waals surface area contributed by atoms with E-state index in [1.807, 2.05) is 47.7 Å². The molecule has 0 aliphatic carbocycles. The molecule has 0 saturated carbocycles. The van der Waals surface area contributed by atoms with Gasteiger partial charge in [-0.1, -0.05) is 34.6 Å². The average Bonchev–Trinajstić information content (AvgIpc) is 2.52. The van der Waals surface area contributed by atoms with Gasteiger partial charge in [-0.15, -0.1) is 4.73 Å². The van der Waals surface area contributed by atoms with Crippen LogP contribution in [0.25, 0.3) is 10.9 Å². The molecule has 0 radical (unpaired) electrons. The monoisotopic (exact) mass is 431 g/mol. The number of fused-ring (bicyclic) bond motifs is 1. The predicted octanol–water partition coefficient (Wildman–Crippen LogP) is 6.30. The summed E-state index contributed by atoms with van der Waals surface area (Å²) in [6.07, 6.45) is -5.53. The first-order chi connectivity index (χ1) is 13.0. The number of pyridine rings is 1. The minimum atomic E-state index is -4.51. The third-order valence-corrected chi connectivity index (χ3v) is 9.77. The molecule has 0 aliphatic rings. The van der Waals surface area contributed by atoms with E-state index in [1.165, 1.54) is 6.07 Å². The summed E-state index contributed by atoms with van der Waals surface area (Å²) in [6.45, 7) is 13.6. The molecule has 29 heavy (non-hydrogen) atoms. The number of aromatic nitrogens is 1. The molecule has 0 aliphatic heterocycles. The molecule has 0 amide bonds. The summed E-state index contributed by atoms with van der Waals surface area (Å²) in [5.74, 6) is -0.784. The highest BCUT2D eigenvalue weighted by atomic mass is 28.4. The zero-order valence-electron chi connectivity index (χ0n) is 18.0. The van der Waals surface area contributed by atoms with Gasteiger partial charge in [-0.25, -0.2) is 4.39 Å². The zero-order chi connectivity index (χ0) is 22.4. The molecule has 2 rings (SSSR count). The van der Waals surface area contributed by atoms with Crippen LogP contribution in [-0.4, -0.2) is 14.5 Å². The van der Waals surface area contributed by atoms with Gasteiger partial charge in [0.1, 0.15) is 5.82 Å². The highest BCUT2D eigenvalue weighted by Gasteiger charge is 2.43. The molecule has 1 heterocycles. The normalized spacial score (nSPS) is 13.4. The molecule has 162 valence electrons. The maximum Gasteiger partial charge on any atom is 0.393 e. The minimum Gasteiger partial charge on any atom is -0.616 e. The summed E-state index contributed by atoms with van der Waals surface area (Å²) in [7, 11) is -2.52. The fourth-order valence-electron chi connectivity index (χ4n) is 2.97. The molecule has 0 unspecified atom stereocenters. The molecule has 3 nitrogen and oxygen atoms in total. The number of halogens is 4. The number of benzene rings is 1. The van der Waals surface area contributed by atoms with Crippen LogP contribution in [0.5, 0.6) is 5.88 Å². The first-order valence-corrected chi connectivity index (χ1v) is 12.6. The lowest BCUT2D eigenvalue weighted by Gasteiger charge is -2.36. The van der Waals surface area contributed by atoms with Gasteiger partial charge in [-0.05, 0) is 48.2 Å². The molecule has 1 aromatic heterocycles. The Bertz CT molecular complexity index is 902. The summed E-state index contributed by atoms with van der Waals surface area (Å²) < 4.78 is 61.0. The Morgan fingerprint density at radius 3 is 2.17 bits per heavy atom. The van der Waals surface area contributed by atoms with Gasteiger partial charge in [0.05, 0.1) is 17.4 Å². The van der Waals surface area contributed by atoms with Crippen molar-refractivity contribution in [1.29, 1.82) is 0 Å². The molecule has 0 atom stereocenters. The van der Waals surface area contributed by atoms with E-state index in [-0.39, 0.29) is 45.3 Å². The topological polar surface area (TPSA) is 36.2 Å². The molecular formula is C21H29F4NO2Si. The summed E-state index contributed by atoms with van der Waals surface area (Å²) in [6, 6.07) is 3.30. The van der Waals surface area contributed by atoms with Crippen LogP contribution in [0, 0.1) is 16.9 Å². The second-order valence-corrected chi connectivity index (χ2v) is 14.2. The van der Waals surface area contributed by atoms with E-state index in [1.54, 1.807) is 0 Å². The summed E-state index contributed by atoms with van der Waals surface area (Å²) in [5.41, 5.74) is 0.114. The van der Waals surface area contributed by atoms with Crippen LogP contribution < -0.4 is 9.16 Å². The van der Waals surface area contributed by atoms with E-state index < -0.39 is 26.7 Å². The van der Waals surface area contributed by atoms with Crippen LogP contribution in [0.1, 0.15) is 45.7 Å². The third-order valence-electron chi connectivity index (χ3n) is 5.46. The van der Waals surface area contributed by atoms with Gasteiger partial charge in [0.2, 0.25) is 5.52 Å². The maximum atomic E-state index is 13.9. The Morgan fingerprint density at radius 2 is 1.69 bits per heavy atom. The van der Waals surface area contributed by atoms with E-state index in [2.05, 4.69) is 0 Å². The van der Waals surface area contributed by atoms with Crippen molar-refractivity contribution >= 4 is 19.2 Å². The van der Waals surface area contributed by atoms with Crippen LogP contribution in [0.15, 0.2) is 18.2 Å². The molecule has 0 saturated heterocycles. The fraction of sp³-hybridized carbons (Fsp3) is 0.571. The average molecular weight is 432 g/mol. The Morgan fingerprint density at radius 1 is 1.10 bits per heavy atom.